The monoisotopic (exact) mass is 270 g/mol. The molecule has 0 saturated carbocycles. The number of piperazine rings is 1. The second kappa shape index (κ2) is 5.38. The van der Waals surface area contributed by atoms with Crippen LogP contribution in [0.25, 0.3) is 0 Å². The van der Waals surface area contributed by atoms with Crippen molar-refractivity contribution in [3.05, 3.63) is 16.9 Å². The van der Waals surface area contributed by atoms with E-state index in [2.05, 4.69) is 29.0 Å². The number of rotatable bonds is 3. The van der Waals surface area contributed by atoms with E-state index in [9.17, 15) is 4.79 Å². The summed E-state index contributed by atoms with van der Waals surface area (Å²) in [7, 11) is 5.90. The molecule has 0 N–H and O–H groups in total. The van der Waals surface area contributed by atoms with Gasteiger partial charge in [0.05, 0.1) is 11.2 Å². The van der Waals surface area contributed by atoms with Gasteiger partial charge in [-0.3, -0.25) is 9.48 Å². The van der Waals surface area contributed by atoms with Crippen LogP contribution < -0.4 is 0 Å². The molecule has 1 aromatic heterocycles. The highest BCUT2D eigenvalue weighted by Crippen LogP contribution is 2.19. The van der Waals surface area contributed by atoms with Crippen LogP contribution in [0.3, 0.4) is 0 Å². The van der Waals surface area contributed by atoms with E-state index in [0.29, 0.717) is 17.1 Å². The zero-order valence-electron chi connectivity index (χ0n) is 11.1. The molecule has 18 heavy (non-hydrogen) atoms. The van der Waals surface area contributed by atoms with Crippen molar-refractivity contribution in [2.75, 3.05) is 33.7 Å². The number of hydrogen-bond donors (Lipinski definition) is 0. The molecule has 0 radical (unpaired) electrons. The molecule has 6 heteroatoms. The number of likely N-dealkylation sites (N-methyl/N-ethyl adjacent to an activating group) is 2. The quantitative estimate of drug-likeness (QED) is 0.765. The third-order valence-corrected chi connectivity index (χ3v) is 3.84. The molecule has 1 atom stereocenters. The maximum atomic E-state index is 12.3. The highest BCUT2D eigenvalue weighted by Gasteiger charge is 2.26. The fraction of sp³-hybridized carbons (Fsp3) is 0.667. The second-order valence-corrected chi connectivity index (χ2v) is 5.40. The van der Waals surface area contributed by atoms with Crippen LogP contribution in [0.4, 0.5) is 0 Å². The van der Waals surface area contributed by atoms with Gasteiger partial charge in [-0.25, -0.2) is 0 Å². The highest BCUT2D eigenvalue weighted by atomic mass is 35.5. The summed E-state index contributed by atoms with van der Waals surface area (Å²) >= 11 is 5.99. The van der Waals surface area contributed by atoms with Gasteiger partial charge >= 0.3 is 0 Å². The molecular formula is C12H19ClN4O. The minimum Gasteiger partial charge on any atom is -0.304 e. The van der Waals surface area contributed by atoms with E-state index in [4.69, 9.17) is 11.6 Å². The molecule has 1 fully saturated rings. The summed E-state index contributed by atoms with van der Waals surface area (Å²) in [6.07, 6.45) is 2.01. The van der Waals surface area contributed by atoms with Crippen molar-refractivity contribution in [1.29, 1.82) is 0 Å². The number of aromatic nitrogens is 2. The molecule has 2 heterocycles. The first-order valence-electron chi connectivity index (χ1n) is 6.08. The Morgan fingerprint density at radius 2 is 2.17 bits per heavy atom. The van der Waals surface area contributed by atoms with Gasteiger partial charge in [-0.2, -0.15) is 5.10 Å². The molecule has 1 aromatic rings. The third kappa shape index (κ3) is 2.74. The molecule has 1 saturated heterocycles. The van der Waals surface area contributed by atoms with Crippen molar-refractivity contribution >= 4 is 17.4 Å². The summed E-state index contributed by atoms with van der Waals surface area (Å²) in [6.45, 7) is 2.96. The van der Waals surface area contributed by atoms with Crippen LogP contribution in [0.5, 0.6) is 0 Å². The van der Waals surface area contributed by atoms with Crippen LogP contribution in [0.1, 0.15) is 16.9 Å². The summed E-state index contributed by atoms with van der Waals surface area (Å²) in [5.41, 5.74) is 0.512. The second-order valence-electron chi connectivity index (χ2n) is 4.99. The van der Waals surface area contributed by atoms with Gasteiger partial charge in [0.1, 0.15) is 5.69 Å². The Kier molecular flexibility index (Phi) is 4.04. The molecule has 1 unspecified atom stereocenters. The topological polar surface area (TPSA) is 41.4 Å². The number of carbonyl (C=O) groups excluding carboxylic acids is 1. The fourth-order valence-corrected chi connectivity index (χ4v) is 2.63. The first-order chi connectivity index (χ1) is 8.49. The standard InChI is InChI=1S/C12H19ClN4O/c1-15-4-5-16(2)9(8-15)6-11(18)12-10(13)7-14-17(12)3/h7,9H,4-6,8H2,1-3H3. The Balaban J connectivity index is 2.07. The molecule has 0 aromatic carbocycles. The predicted octanol–water partition coefficient (Wildman–Crippen LogP) is 0.892. The summed E-state index contributed by atoms with van der Waals surface area (Å²) in [5.74, 6) is 0.0622. The van der Waals surface area contributed by atoms with Crippen LogP contribution in [0, 0.1) is 0 Å². The lowest BCUT2D eigenvalue weighted by molar-refractivity contribution is 0.0802. The Bertz CT molecular complexity index is 426. The SMILES string of the molecule is CN1CCN(C)C(CC(=O)c2c(Cl)cnn2C)C1. The molecule has 0 amide bonds. The van der Waals surface area contributed by atoms with Crippen molar-refractivity contribution < 1.29 is 4.79 Å². The molecule has 0 aliphatic carbocycles. The number of nitrogens with zero attached hydrogens (tertiary/aromatic N) is 4. The van der Waals surface area contributed by atoms with Crippen LogP contribution >= 0.6 is 11.6 Å². The van der Waals surface area contributed by atoms with Crippen molar-refractivity contribution in [1.82, 2.24) is 19.6 Å². The lowest BCUT2D eigenvalue weighted by atomic mass is 10.0. The maximum Gasteiger partial charge on any atom is 0.183 e. The molecule has 100 valence electrons. The van der Waals surface area contributed by atoms with Gasteiger partial charge in [-0.05, 0) is 14.1 Å². The summed E-state index contributed by atoms with van der Waals surface area (Å²) < 4.78 is 1.55. The van der Waals surface area contributed by atoms with Gasteiger partial charge in [0, 0.05) is 39.1 Å². The van der Waals surface area contributed by atoms with Crippen molar-refractivity contribution in [2.24, 2.45) is 7.05 Å². The van der Waals surface area contributed by atoms with E-state index < -0.39 is 0 Å². The lowest BCUT2D eigenvalue weighted by Crippen LogP contribution is -2.50. The molecule has 0 bridgehead atoms. The Morgan fingerprint density at radius 1 is 1.44 bits per heavy atom. The molecule has 1 aliphatic rings. The smallest absolute Gasteiger partial charge is 0.183 e. The van der Waals surface area contributed by atoms with Gasteiger partial charge in [0.25, 0.3) is 0 Å². The van der Waals surface area contributed by atoms with E-state index in [1.165, 1.54) is 6.20 Å². The normalized spacial score (nSPS) is 22.3. The van der Waals surface area contributed by atoms with Gasteiger partial charge in [0.15, 0.2) is 5.78 Å². The predicted molar refractivity (Wildman–Crippen MR) is 71.1 cm³/mol. The fourth-order valence-electron chi connectivity index (χ4n) is 2.36. The van der Waals surface area contributed by atoms with Crippen LogP contribution in [0.15, 0.2) is 6.20 Å². The number of aryl methyl sites for hydroxylation is 1. The zero-order chi connectivity index (χ0) is 13.3. The van der Waals surface area contributed by atoms with Gasteiger partial charge in [-0.1, -0.05) is 11.6 Å². The Morgan fingerprint density at radius 3 is 2.78 bits per heavy atom. The van der Waals surface area contributed by atoms with E-state index in [0.717, 1.165) is 19.6 Å². The third-order valence-electron chi connectivity index (χ3n) is 3.56. The largest absolute Gasteiger partial charge is 0.304 e. The van der Waals surface area contributed by atoms with Gasteiger partial charge in [-0.15, -0.1) is 0 Å². The summed E-state index contributed by atoms with van der Waals surface area (Å²) in [6, 6.07) is 0.252. The van der Waals surface area contributed by atoms with Gasteiger partial charge < -0.3 is 9.80 Å². The van der Waals surface area contributed by atoms with E-state index in [1.54, 1.807) is 11.7 Å². The van der Waals surface area contributed by atoms with Crippen molar-refractivity contribution in [2.45, 2.75) is 12.5 Å². The number of Topliss-reactive ketones (excluding diaryl/α,β-unsaturated/α-hetero) is 1. The van der Waals surface area contributed by atoms with E-state index >= 15 is 0 Å². The molecular weight excluding hydrogens is 252 g/mol. The molecule has 5 nitrogen and oxygen atoms in total. The van der Waals surface area contributed by atoms with E-state index in [-0.39, 0.29) is 11.8 Å². The molecule has 2 rings (SSSR count). The molecule has 1 aliphatic heterocycles. The van der Waals surface area contributed by atoms with Gasteiger partial charge in [0.2, 0.25) is 0 Å². The number of hydrogen-bond acceptors (Lipinski definition) is 4. The Labute approximate surface area is 112 Å². The number of carbonyl (C=O) groups is 1. The van der Waals surface area contributed by atoms with E-state index in [1.807, 2.05) is 0 Å². The number of ketones is 1. The molecule has 0 spiro atoms. The first kappa shape index (κ1) is 13.5. The van der Waals surface area contributed by atoms with Crippen LogP contribution in [-0.2, 0) is 7.05 Å². The zero-order valence-corrected chi connectivity index (χ0v) is 11.8. The average molecular weight is 271 g/mol. The van der Waals surface area contributed by atoms with Crippen LogP contribution in [0.2, 0.25) is 5.02 Å². The minimum absolute atomic E-state index is 0.0622. The average Bonchev–Trinajstić information content (AvgIpc) is 2.63. The summed E-state index contributed by atoms with van der Waals surface area (Å²) in [4.78, 5) is 16.8. The highest BCUT2D eigenvalue weighted by molar-refractivity contribution is 6.33. The number of halogens is 1. The maximum absolute atomic E-state index is 12.3. The lowest BCUT2D eigenvalue weighted by Gasteiger charge is -2.37. The van der Waals surface area contributed by atoms with Crippen molar-refractivity contribution in [3.8, 4) is 0 Å². The first-order valence-corrected chi connectivity index (χ1v) is 6.46. The summed E-state index contributed by atoms with van der Waals surface area (Å²) in [5, 5.41) is 4.44. The minimum atomic E-state index is 0.0622. The van der Waals surface area contributed by atoms with Crippen LogP contribution in [-0.4, -0.2) is 65.1 Å². The van der Waals surface area contributed by atoms with Crippen molar-refractivity contribution in [3.63, 3.8) is 0 Å². The Hall–Kier alpha value is -0.910.